The van der Waals surface area contributed by atoms with E-state index in [1.54, 1.807) is 24.3 Å². The van der Waals surface area contributed by atoms with Crippen molar-refractivity contribution in [3.05, 3.63) is 83.8 Å². The fourth-order valence-corrected chi connectivity index (χ4v) is 5.14. The van der Waals surface area contributed by atoms with Gasteiger partial charge in [-0.25, -0.2) is 17.8 Å². The Balaban J connectivity index is 1.67. The molecule has 3 aromatic carbocycles. The molecule has 4 aromatic rings. The number of nitrogens with two attached hydrogens (primary N) is 2. The van der Waals surface area contributed by atoms with Gasteiger partial charge in [-0.2, -0.15) is 0 Å². The normalized spacial score (nSPS) is 12.3. The van der Waals surface area contributed by atoms with Gasteiger partial charge in [-0.05, 0) is 65.0 Å². The average Bonchev–Trinajstić information content (AvgIpc) is 2.85. The molecule has 0 saturated carbocycles. The van der Waals surface area contributed by atoms with Crippen LogP contribution in [0, 0.1) is 5.82 Å². The number of benzene rings is 3. The number of nitrogen functional groups attached to an aromatic ring is 2. The van der Waals surface area contributed by atoms with Gasteiger partial charge in [0.15, 0.2) is 9.84 Å². The Morgan fingerprint density at radius 1 is 1.11 bits per heavy atom. The third kappa shape index (κ3) is 5.56. The van der Waals surface area contributed by atoms with Crippen molar-refractivity contribution in [1.82, 2.24) is 10.3 Å². The molecule has 1 atom stereocenters. The van der Waals surface area contributed by atoms with Crippen LogP contribution in [0.5, 0.6) is 5.75 Å². The van der Waals surface area contributed by atoms with E-state index in [0.717, 1.165) is 0 Å². The van der Waals surface area contributed by atoms with Crippen molar-refractivity contribution < 1.29 is 22.7 Å². The summed E-state index contributed by atoms with van der Waals surface area (Å²) < 4.78 is 39.9. The third-order valence-electron chi connectivity index (χ3n) is 5.87. The van der Waals surface area contributed by atoms with Gasteiger partial charge >= 0.3 is 0 Å². The van der Waals surface area contributed by atoms with E-state index in [4.69, 9.17) is 11.5 Å². The fourth-order valence-electron chi connectivity index (χ4n) is 4.03. The van der Waals surface area contributed by atoms with Crippen LogP contribution in [-0.4, -0.2) is 30.2 Å². The maximum atomic E-state index is 14.9. The number of nitrogens with zero attached hydrogens (tertiary/aromatic N) is 1. The maximum absolute atomic E-state index is 14.9. The average molecular weight is 524 g/mol. The quantitative estimate of drug-likeness (QED) is 0.219. The number of fused-ring (bicyclic) bond motifs is 1. The van der Waals surface area contributed by atoms with Crippen LogP contribution in [0.4, 0.5) is 21.6 Å². The van der Waals surface area contributed by atoms with Gasteiger partial charge in [0, 0.05) is 24.1 Å². The molecule has 4 rings (SSSR count). The summed E-state index contributed by atoms with van der Waals surface area (Å²) in [5.41, 5.74) is 13.0. The highest BCUT2D eigenvalue weighted by atomic mass is 32.2. The molecule has 9 nitrogen and oxygen atoms in total. The number of aromatic hydroxyl groups is 1. The van der Waals surface area contributed by atoms with Gasteiger partial charge in [0.25, 0.3) is 0 Å². The lowest BCUT2D eigenvalue weighted by molar-refractivity contribution is -0.122. The lowest BCUT2D eigenvalue weighted by Gasteiger charge is -2.21. The molecule has 7 N–H and O–H groups in total. The number of hydrogen-bond acceptors (Lipinski definition) is 8. The monoisotopic (exact) mass is 523 g/mol. The smallest absolute Gasteiger partial charge is 0.247 e. The first kappa shape index (κ1) is 25.7. The second kappa shape index (κ2) is 10.3. The number of amides is 1. The first-order valence-corrected chi connectivity index (χ1v) is 13.0. The van der Waals surface area contributed by atoms with Crippen LogP contribution >= 0.6 is 0 Å². The van der Waals surface area contributed by atoms with E-state index < -0.39 is 27.6 Å². The number of phenols is 1. The van der Waals surface area contributed by atoms with Crippen molar-refractivity contribution in [2.24, 2.45) is 0 Å². The summed E-state index contributed by atoms with van der Waals surface area (Å²) in [4.78, 5) is 17.4. The number of phenolic OH excluding ortho intramolecular Hbond substituents is 1. The molecule has 0 saturated heterocycles. The number of carbonyl (C=O) groups excluding carboxylic acids is 1. The molecular formula is C26H26FN5O4S. The number of carbonyl (C=O) groups is 1. The summed E-state index contributed by atoms with van der Waals surface area (Å²) in [6, 6.07) is 13.8. The van der Waals surface area contributed by atoms with Gasteiger partial charge in [0.1, 0.15) is 23.4 Å². The molecule has 1 amide bonds. The molecule has 11 heteroatoms. The minimum atomic E-state index is -3.56. The predicted octanol–water partition coefficient (Wildman–Crippen LogP) is 3.51. The summed E-state index contributed by atoms with van der Waals surface area (Å²) >= 11 is 0. The zero-order valence-electron chi connectivity index (χ0n) is 19.9. The van der Waals surface area contributed by atoms with Gasteiger partial charge in [-0.1, -0.05) is 19.1 Å². The largest absolute Gasteiger partial charge is 0.508 e. The minimum Gasteiger partial charge on any atom is -0.508 e. The second-order valence-electron chi connectivity index (χ2n) is 8.41. The standard InChI is InChI=1S/C26H26FN5O4S/c1-2-37(35,36)22-7-6-18(28)10-17(22)14-31-26(34)24(16-4-3-5-20(33)12-16)32-19-11-15-8-9-30-25(29)23(15)21(27)13-19/h3-13,24,32-33H,2,14,28H2,1H3,(H2,29,30)(H,31,34). The molecule has 192 valence electrons. The van der Waals surface area contributed by atoms with Gasteiger partial charge in [-0.3, -0.25) is 4.79 Å². The Labute approximate surface area is 213 Å². The van der Waals surface area contributed by atoms with E-state index in [-0.39, 0.29) is 39.8 Å². The molecule has 0 aliphatic carbocycles. The molecule has 1 unspecified atom stereocenters. The molecule has 37 heavy (non-hydrogen) atoms. The predicted molar refractivity (Wildman–Crippen MR) is 141 cm³/mol. The van der Waals surface area contributed by atoms with Gasteiger partial charge < -0.3 is 27.2 Å². The van der Waals surface area contributed by atoms with Crippen molar-refractivity contribution >= 4 is 43.7 Å². The van der Waals surface area contributed by atoms with Gasteiger partial charge in [-0.15, -0.1) is 0 Å². The van der Waals surface area contributed by atoms with E-state index in [9.17, 15) is 22.7 Å². The Kier molecular flexibility index (Phi) is 7.16. The van der Waals surface area contributed by atoms with Crippen molar-refractivity contribution in [3.8, 4) is 5.75 Å². The Morgan fingerprint density at radius 2 is 1.89 bits per heavy atom. The lowest BCUT2D eigenvalue weighted by Crippen LogP contribution is -2.33. The van der Waals surface area contributed by atoms with E-state index in [2.05, 4.69) is 15.6 Å². The molecule has 0 fully saturated rings. The number of pyridine rings is 1. The molecular weight excluding hydrogens is 497 g/mol. The van der Waals surface area contributed by atoms with Crippen LogP contribution in [0.2, 0.25) is 0 Å². The lowest BCUT2D eigenvalue weighted by atomic mass is 10.0. The zero-order chi connectivity index (χ0) is 26.7. The summed E-state index contributed by atoms with van der Waals surface area (Å²) in [6.45, 7) is 1.41. The number of rotatable bonds is 8. The number of sulfone groups is 1. The number of nitrogens with one attached hydrogen (secondary N) is 2. The van der Waals surface area contributed by atoms with Crippen LogP contribution < -0.4 is 22.1 Å². The van der Waals surface area contributed by atoms with Gasteiger partial charge in [0.2, 0.25) is 5.91 Å². The zero-order valence-corrected chi connectivity index (χ0v) is 20.7. The molecule has 0 bridgehead atoms. The molecule has 1 aromatic heterocycles. The van der Waals surface area contributed by atoms with Crippen LogP contribution in [0.1, 0.15) is 24.1 Å². The summed E-state index contributed by atoms with van der Waals surface area (Å²) in [5.74, 6) is -1.28. The number of aromatic nitrogens is 1. The Morgan fingerprint density at radius 3 is 2.62 bits per heavy atom. The first-order valence-electron chi connectivity index (χ1n) is 11.4. The summed E-state index contributed by atoms with van der Waals surface area (Å²) in [5, 5.41) is 16.4. The number of halogens is 1. The van der Waals surface area contributed by atoms with E-state index in [0.29, 0.717) is 22.2 Å². The topological polar surface area (TPSA) is 160 Å². The highest BCUT2D eigenvalue weighted by molar-refractivity contribution is 7.91. The minimum absolute atomic E-state index is 0.0452. The first-order chi connectivity index (χ1) is 17.6. The van der Waals surface area contributed by atoms with E-state index in [1.807, 2.05) is 0 Å². The molecule has 1 heterocycles. The summed E-state index contributed by atoms with van der Waals surface area (Å²) in [7, 11) is -3.56. The fraction of sp³-hybridized carbons (Fsp3) is 0.154. The molecule has 0 radical (unpaired) electrons. The van der Waals surface area contributed by atoms with Crippen molar-refractivity contribution in [3.63, 3.8) is 0 Å². The van der Waals surface area contributed by atoms with Crippen LogP contribution in [0.25, 0.3) is 10.8 Å². The van der Waals surface area contributed by atoms with Crippen LogP contribution in [0.3, 0.4) is 0 Å². The van der Waals surface area contributed by atoms with E-state index in [1.165, 1.54) is 49.5 Å². The van der Waals surface area contributed by atoms with Crippen molar-refractivity contribution in [2.75, 3.05) is 22.5 Å². The Bertz CT molecular complexity index is 1590. The van der Waals surface area contributed by atoms with Crippen molar-refractivity contribution in [1.29, 1.82) is 0 Å². The van der Waals surface area contributed by atoms with Gasteiger partial charge in [0.05, 0.1) is 16.0 Å². The van der Waals surface area contributed by atoms with E-state index >= 15 is 0 Å². The third-order valence-corrected chi connectivity index (χ3v) is 7.70. The number of hydrogen-bond donors (Lipinski definition) is 5. The molecule has 0 aliphatic rings. The Hall–Kier alpha value is -4.38. The molecule has 0 spiro atoms. The molecule has 0 aliphatic heterocycles. The van der Waals surface area contributed by atoms with Crippen LogP contribution in [0.15, 0.2) is 71.8 Å². The second-order valence-corrected chi connectivity index (χ2v) is 10.7. The highest BCUT2D eigenvalue weighted by Crippen LogP contribution is 2.29. The van der Waals surface area contributed by atoms with Crippen molar-refractivity contribution in [2.45, 2.75) is 24.4 Å². The summed E-state index contributed by atoms with van der Waals surface area (Å²) in [6.07, 6.45) is 1.45. The van der Waals surface area contributed by atoms with Crippen LogP contribution in [-0.2, 0) is 21.2 Å². The highest BCUT2D eigenvalue weighted by Gasteiger charge is 2.23. The SMILES string of the molecule is CCS(=O)(=O)c1ccc(N)cc1CNC(=O)C(Nc1cc(F)c2c(N)nccc2c1)c1cccc(O)c1. The maximum Gasteiger partial charge on any atom is 0.247 e. The number of anilines is 3.